The number of nitrogens with zero attached hydrogens (tertiary/aromatic N) is 2. The van der Waals surface area contributed by atoms with Crippen LogP contribution in [-0.4, -0.2) is 4.57 Å². The number of hydrogen-bond donors (Lipinski definition) is 0. The van der Waals surface area contributed by atoms with Crippen LogP contribution in [0.5, 0.6) is 0 Å². The minimum absolute atomic E-state index is 0.789. The van der Waals surface area contributed by atoms with Crippen LogP contribution in [0.2, 0.25) is 0 Å². The van der Waals surface area contributed by atoms with Gasteiger partial charge in [-0.25, -0.2) is 9.13 Å². The summed E-state index contributed by atoms with van der Waals surface area (Å²) in [5.41, 5.74) is 0. The zero-order chi connectivity index (χ0) is 7.40. The van der Waals surface area contributed by atoms with Gasteiger partial charge in [0, 0.05) is 0 Å². The first kappa shape index (κ1) is 6.88. The van der Waals surface area contributed by atoms with Crippen molar-refractivity contribution < 1.29 is 4.57 Å². The summed E-state index contributed by atoms with van der Waals surface area (Å²) >= 11 is 0. The lowest BCUT2D eigenvalue weighted by atomic mass is 10.6. The molecule has 0 unspecified atom stereocenters. The Hall–Kier alpha value is -1.23. The molecular formula is C8H11N2+. The fourth-order valence-electron chi connectivity index (χ4n) is 0.766. The third kappa shape index (κ3) is 1.63. The van der Waals surface area contributed by atoms with Gasteiger partial charge in [0.05, 0.1) is 7.05 Å². The molecule has 10 heavy (non-hydrogen) atoms. The van der Waals surface area contributed by atoms with Crippen molar-refractivity contribution in [3.05, 3.63) is 18.7 Å². The van der Waals surface area contributed by atoms with Gasteiger partial charge in [-0.3, -0.25) is 0 Å². The molecule has 0 bridgehead atoms. The molecule has 0 fully saturated rings. The molecule has 0 aromatic carbocycles. The molecule has 0 aliphatic heterocycles. The Morgan fingerprint density at radius 2 is 2.40 bits per heavy atom. The first-order chi connectivity index (χ1) is 4.83. The van der Waals surface area contributed by atoms with Gasteiger partial charge in [-0.05, 0) is 6.92 Å². The van der Waals surface area contributed by atoms with Gasteiger partial charge in [0.25, 0.3) is 0 Å². The SMILES string of the molecule is CC#CC[n+]1ccn(C)c1. The van der Waals surface area contributed by atoms with Crippen molar-refractivity contribution >= 4 is 0 Å². The predicted molar refractivity (Wildman–Crippen MR) is 39.1 cm³/mol. The summed E-state index contributed by atoms with van der Waals surface area (Å²) in [5, 5.41) is 0. The molecule has 52 valence electrons. The highest BCUT2D eigenvalue weighted by Crippen LogP contribution is 1.75. The van der Waals surface area contributed by atoms with Crippen LogP contribution in [0.1, 0.15) is 6.92 Å². The van der Waals surface area contributed by atoms with Gasteiger partial charge in [0.2, 0.25) is 6.33 Å². The second-order valence-electron chi connectivity index (χ2n) is 2.18. The fourth-order valence-corrected chi connectivity index (χ4v) is 0.766. The minimum atomic E-state index is 0.789. The molecule has 1 aromatic rings. The molecule has 1 rings (SSSR count). The van der Waals surface area contributed by atoms with E-state index in [2.05, 4.69) is 11.8 Å². The van der Waals surface area contributed by atoms with Gasteiger partial charge < -0.3 is 0 Å². The van der Waals surface area contributed by atoms with Crippen LogP contribution in [0, 0.1) is 11.8 Å². The molecule has 0 aliphatic rings. The lowest BCUT2D eigenvalue weighted by Crippen LogP contribution is -2.29. The van der Waals surface area contributed by atoms with E-state index in [-0.39, 0.29) is 0 Å². The second kappa shape index (κ2) is 3.07. The Morgan fingerprint density at radius 3 is 2.90 bits per heavy atom. The summed E-state index contributed by atoms with van der Waals surface area (Å²) in [5.74, 6) is 5.82. The third-order valence-electron chi connectivity index (χ3n) is 1.26. The smallest absolute Gasteiger partial charge is 0.240 e. The molecule has 0 saturated carbocycles. The second-order valence-corrected chi connectivity index (χ2v) is 2.18. The monoisotopic (exact) mass is 135 g/mol. The quantitative estimate of drug-likeness (QED) is 0.388. The summed E-state index contributed by atoms with van der Waals surface area (Å²) < 4.78 is 4.04. The van der Waals surface area contributed by atoms with Crippen molar-refractivity contribution in [3.8, 4) is 11.8 Å². The standard InChI is InChI=1S/C8H11N2/c1-3-4-5-10-7-6-9(2)8-10/h6-8H,5H2,1-2H3/q+1. The van der Waals surface area contributed by atoms with Crippen molar-refractivity contribution in [2.45, 2.75) is 13.5 Å². The van der Waals surface area contributed by atoms with Gasteiger partial charge in [-0.2, -0.15) is 0 Å². The summed E-state index contributed by atoms with van der Waals surface area (Å²) in [7, 11) is 2.00. The molecular weight excluding hydrogens is 124 g/mol. The molecule has 0 N–H and O–H groups in total. The first-order valence-electron chi connectivity index (χ1n) is 3.23. The maximum Gasteiger partial charge on any atom is 0.244 e. The van der Waals surface area contributed by atoms with E-state index in [1.807, 2.05) is 41.8 Å². The maximum absolute atomic E-state index is 2.98. The first-order valence-corrected chi connectivity index (χ1v) is 3.23. The molecule has 1 aromatic heterocycles. The molecule has 0 saturated heterocycles. The van der Waals surface area contributed by atoms with Crippen molar-refractivity contribution in [1.82, 2.24) is 4.57 Å². The Bertz CT molecular complexity index is 262. The minimum Gasteiger partial charge on any atom is -0.240 e. The van der Waals surface area contributed by atoms with Crippen LogP contribution >= 0.6 is 0 Å². The average Bonchev–Trinajstić information content (AvgIpc) is 2.31. The zero-order valence-electron chi connectivity index (χ0n) is 6.33. The molecule has 1 heterocycles. The highest BCUT2D eigenvalue weighted by Gasteiger charge is 1.94. The highest BCUT2D eigenvalue weighted by molar-refractivity contribution is 4.91. The van der Waals surface area contributed by atoms with E-state index in [1.165, 1.54) is 0 Å². The van der Waals surface area contributed by atoms with Crippen LogP contribution < -0.4 is 4.57 Å². The van der Waals surface area contributed by atoms with Gasteiger partial charge in [-0.15, -0.1) is 5.92 Å². The van der Waals surface area contributed by atoms with Crippen molar-refractivity contribution in [2.24, 2.45) is 7.05 Å². The average molecular weight is 135 g/mol. The number of rotatable bonds is 1. The zero-order valence-corrected chi connectivity index (χ0v) is 6.33. The Labute approximate surface area is 61.1 Å². The van der Waals surface area contributed by atoms with E-state index in [0.29, 0.717) is 0 Å². The Morgan fingerprint density at radius 1 is 1.60 bits per heavy atom. The maximum atomic E-state index is 2.98. The molecule has 2 heteroatoms. The normalized spacial score (nSPS) is 8.60. The number of aryl methyl sites for hydroxylation is 1. The van der Waals surface area contributed by atoms with E-state index in [0.717, 1.165) is 6.54 Å². The molecule has 0 aliphatic carbocycles. The van der Waals surface area contributed by atoms with Gasteiger partial charge in [-0.1, -0.05) is 5.92 Å². The van der Waals surface area contributed by atoms with Crippen molar-refractivity contribution in [1.29, 1.82) is 0 Å². The summed E-state index contributed by atoms with van der Waals surface area (Å²) in [6.07, 6.45) is 6.01. The lowest BCUT2D eigenvalue weighted by Gasteiger charge is -1.81. The molecule has 2 nitrogen and oxygen atoms in total. The van der Waals surface area contributed by atoms with Crippen LogP contribution in [0.3, 0.4) is 0 Å². The van der Waals surface area contributed by atoms with E-state index < -0.39 is 0 Å². The molecule has 0 spiro atoms. The summed E-state index contributed by atoms with van der Waals surface area (Å²) in [6.45, 7) is 2.64. The van der Waals surface area contributed by atoms with Crippen LogP contribution in [-0.2, 0) is 13.6 Å². The number of imidazole rings is 1. The van der Waals surface area contributed by atoms with E-state index >= 15 is 0 Å². The number of aromatic nitrogens is 2. The Balaban J connectivity index is 2.64. The predicted octanol–water partition coefficient (Wildman–Crippen LogP) is 0.336. The molecule has 0 radical (unpaired) electrons. The van der Waals surface area contributed by atoms with Crippen molar-refractivity contribution in [2.75, 3.05) is 0 Å². The van der Waals surface area contributed by atoms with Gasteiger partial charge in [0.15, 0.2) is 6.54 Å². The van der Waals surface area contributed by atoms with Crippen LogP contribution in [0.4, 0.5) is 0 Å². The van der Waals surface area contributed by atoms with E-state index in [4.69, 9.17) is 0 Å². The highest BCUT2D eigenvalue weighted by atomic mass is 15.1. The van der Waals surface area contributed by atoms with E-state index in [1.54, 1.807) is 0 Å². The Kier molecular flexibility index (Phi) is 2.11. The summed E-state index contributed by atoms with van der Waals surface area (Å²) in [4.78, 5) is 0. The topological polar surface area (TPSA) is 8.81 Å². The van der Waals surface area contributed by atoms with E-state index in [9.17, 15) is 0 Å². The number of hydrogen-bond acceptors (Lipinski definition) is 0. The molecule has 0 atom stereocenters. The van der Waals surface area contributed by atoms with Crippen molar-refractivity contribution in [3.63, 3.8) is 0 Å². The van der Waals surface area contributed by atoms with Crippen LogP contribution in [0.15, 0.2) is 18.7 Å². The van der Waals surface area contributed by atoms with Crippen LogP contribution in [0.25, 0.3) is 0 Å². The van der Waals surface area contributed by atoms with Gasteiger partial charge >= 0.3 is 0 Å². The fraction of sp³-hybridized carbons (Fsp3) is 0.375. The molecule has 0 amide bonds. The summed E-state index contributed by atoms with van der Waals surface area (Å²) in [6, 6.07) is 0. The lowest BCUT2D eigenvalue weighted by molar-refractivity contribution is -0.684. The van der Waals surface area contributed by atoms with Gasteiger partial charge in [0.1, 0.15) is 12.4 Å². The largest absolute Gasteiger partial charge is 0.244 e. The third-order valence-corrected chi connectivity index (χ3v) is 1.26.